The van der Waals surface area contributed by atoms with E-state index in [0.717, 1.165) is 12.1 Å². The fraction of sp³-hybridized carbons (Fsp3) is 0.500. The second kappa shape index (κ2) is 6.85. The zero-order valence-electron chi connectivity index (χ0n) is 10.6. The number of nitrogens with one attached hydrogen (secondary N) is 1. The Morgan fingerprint density at radius 2 is 2.29 bits per heavy atom. The van der Waals surface area contributed by atoms with Gasteiger partial charge in [-0.2, -0.15) is 0 Å². The minimum Gasteiger partial charge on any atom is -0.376 e. The molecule has 0 radical (unpaired) electrons. The van der Waals surface area contributed by atoms with E-state index in [1.807, 2.05) is 32.0 Å². The highest BCUT2D eigenvalue weighted by molar-refractivity contribution is 5.94. The van der Waals surface area contributed by atoms with E-state index in [0.29, 0.717) is 12.3 Å². The average molecular weight is 237 g/mol. The molecule has 1 rings (SSSR count). The molecule has 0 aromatic carbocycles. The van der Waals surface area contributed by atoms with Gasteiger partial charge in [-0.3, -0.25) is 9.78 Å². The number of hydrogen-bond acceptors (Lipinski definition) is 4. The Morgan fingerprint density at radius 1 is 1.53 bits per heavy atom. The van der Waals surface area contributed by atoms with Crippen LogP contribution < -0.4 is 10.2 Å². The van der Waals surface area contributed by atoms with E-state index in [-0.39, 0.29) is 12.5 Å². The molecule has 1 heterocycles. The van der Waals surface area contributed by atoms with E-state index in [4.69, 9.17) is 4.74 Å². The monoisotopic (exact) mass is 237 g/mol. The summed E-state index contributed by atoms with van der Waals surface area (Å²) in [6, 6.07) is 1.85. The van der Waals surface area contributed by atoms with Crippen LogP contribution in [0.15, 0.2) is 18.5 Å². The first kappa shape index (κ1) is 13.4. The maximum Gasteiger partial charge on any atom is 0.250 e. The molecule has 5 heteroatoms. The van der Waals surface area contributed by atoms with Crippen molar-refractivity contribution < 1.29 is 9.53 Å². The number of pyridine rings is 1. The second-order valence-corrected chi connectivity index (χ2v) is 3.89. The summed E-state index contributed by atoms with van der Waals surface area (Å²) in [6.07, 6.45) is 4.23. The highest BCUT2D eigenvalue weighted by Gasteiger charge is 2.08. The fourth-order valence-electron chi connectivity index (χ4n) is 1.37. The predicted octanol–water partition coefficient (Wildman–Crippen LogP) is 1.51. The maximum absolute atomic E-state index is 11.6. The third-order valence-electron chi connectivity index (χ3n) is 2.14. The van der Waals surface area contributed by atoms with E-state index < -0.39 is 0 Å². The molecule has 1 aromatic heterocycles. The molecule has 0 saturated heterocycles. The van der Waals surface area contributed by atoms with Crippen LogP contribution in [-0.4, -0.2) is 38.2 Å². The highest BCUT2D eigenvalue weighted by atomic mass is 16.5. The molecule has 0 atom stereocenters. The van der Waals surface area contributed by atoms with Gasteiger partial charge in [0.15, 0.2) is 0 Å². The number of aromatic nitrogens is 1. The Morgan fingerprint density at radius 3 is 2.94 bits per heavy atom. The molecule has 0 aliphatic rings. The van der Waals surface area contributed by atoms with Crippen LogP contribution in [0.3, 0.4) is 0 Å². The van der Waals surface area contributed by atoms with Gasteiger partial charge in [-0.15, -0.1) is 0 Å². The predicted molar refractivity (Wildman–Crippen MR) is 68.3 cm³/mol. The summed E-state index contributed by atoms with van der Waals surface area (Å²) in [7, 11) is 3.83. The van der Waals surface area contributed by atoms with Crippen LogP contribution in [0, 0.1) is 0 Å². The maximum atomic E-state index is 11.6. The largest absolute Gasteiger partial charge is 0.376 e. The lowest BCUT2D eigenvalue weighted by molar-refractivity contribution is -0.120. The summed E-state index contributed by atoms with van der Waals surface area (Å²) in [5.74, 6) is -0.158. The van der Waals surface area contributed by atoms with E-state index in [9.17, 15) is 4.79 Å². The molecule has 94 valence electrons. The molecule has 1 amide bonds. The molecule has 1 N–H and O–H groups in total. The minimum absolute atomic E-state index is 0.0790. The zero-order valence-corrected chi connectivity index (χ0v) is 10.6. The Bertz CT molecular complexity index is 367. The third-order valence-corrected chi connectivity index (χ3v) is 2.14. The standard InChI is InChI=1S/C12H19N3O2/c1-4-7-17-9-12(16)14-10-8-13-6-5-11(10)15(2)3/h5-6,8H,4,7,9H2,1-3H3,(H,14,16). The lowest BCUT2D eigenvalue weighted by Crippen LogP contribution is -2.21. The van der Waals surface area contributed by atoms with E-state index >= 15 is 0 Å². The normalized spacial score (nSPS) is 10.1. The van der Waals surface area contributed by atoms with Gasteiger partial charge in [0, 0.05) is 26.9 Å². The first-order chi connectivity index (χ1) is 8.15. The van der Waals surface area contributed by atoms with E-state index in [1.54, 1.807) is 12.4 Å². The van der Waals surface area contributed by atoms with Crippen LogP contribution in [0.5, 0.6) is 0 Å². The summed E-state index contributed by atoms with van der Waals surface area (Å²) in [4.78, 5) is 17.5. The fourth-order valence-corrected chi connectivity index (χ4v) is 1.37. The molecular weight excluding hydrogens is 218 g/mol. The Kier molecular flexibility index (Phi) is 5.42. The lowest BCUT2D eigenvalue weighted by atomic mass is 10.3. The van der Waals surface area contributed by atoms with Crippen molar-refractivity contribution in [1.29, 1.82) is 0 Å². The van der Waals surface area contributed by atoms with Gasteiger partial charge in [0.05, 0.1) is 17.6 Å². The molecule has 0 aliphatic heterocycles. The SMILES string of the molecule is CCCOCC(=O)Nc1cnccc1N(C)C. The first-order valence-corrected chi connectivity index (χ1v) is 5.64. The topological polar surface area (TPSA) is 54.5 Å². The number of nitrogens with zero attached hydrogens (tertiary/aromatic N) is 2. The number of hydrogen-bond donors (Lipinski definition) is 1. The van der Waals surface area contributed by atoms with Gasteiger partial charge >= 0.3 is 0 Å². The lowest BCUT2D eigenvalue weighted by Gasteiger charge is -2.17. The zero-order chi connectivity index (χ0) is 12.7. The Labute approximate surface area is 102 Å². The smallest absolute Gasteiger partial charge is 0.250 e. The number of ether oxygens (including phenoxy) is 1. The molecule has 17 heavy (non-hydrogen) atoms. The molecule has 1 aromatic rings. The second-order valence-electron chi connectivity index (χ2n) is 3.89. The van der Waals surface area contributed by atoms with E-state index in [1.165, 1.54) is 0 Å². The molecule has 0 unspecified atom stereocenters. The molecular formula is C12H19N3O2. The summed E-state index contributed by atoms with van der Waals surface area (Å²) >= 11 is 0. The van der Waals surface area contributed by atoms with Gasteiger partial charge in [-0.25, -0.2) is 0 Å². The quantitative estimate of drug-likeness (QED) is 0.762. The van der Waals surface area contributed by atoms with Crippen LogP contribution in [0.4, 0.5) is 11.4 Å². The van der Waals surface area contributed by atoms with Gasteiger partial charge in [0.2, 0.25) is 5.91 Å². The highest BCUT2D eigenvalue weighted by Crippen LogP contribution is 2.21. The van der Waals surface area contributed by atoms with Crippen molar-refractivity contribution in [3.05, 3.63) is 18.5 Å². The number of amides is 1. The molecule has 0 aliphatic carbocycles. The molecule has 0 spiro atoms. The average Bonchev–Trinajstić information content (AvgIpc) is 2.29. The number of carbonyl (C=O) groups excluding carboxylic acids is 1. The summed E-state index contributed by atoms with van der Waals surface area (Å²) in [5, 5.41) is 2.78. The molecule has 0 bridgehead atoms. The van der Waals surface area contributed by atoms with Gasteiger partial charge < -0.3 is 15.0 Å². The van der Waals surface area contributed by atoms with Gasteiger partial charge in [-0.05, 0) is 12.5 Å². The van der Waals surface area contributed by atoms with Crippen LogP contribution >= 0.6 is 0 Å². The van der Waals surface area contributed by atoms with Gasteiger partial charge in [-0.1, -0.05) is 6.92 Å². The van der Waals surface area contributed by atoms with Crippen molar-refractivity contribution in [1.82, 2.24) is 4.98 Å². The Hall–Kier alpha value is -1.62. The molecule has 5 nitrogen and oxygen atoms in total. The van der Waals surface area contributed by atoms with Gasteiger partial charge in [0.25, 0.3) is 0 Å². The number of carbonyl (C=O) groups is 1. The van der Waals surface area contributed by atoms with Crippen molar-refractivity contribution in [2.24, 2.45) is 0 Å². The minimum atomic E-state index is -0.158. The summed E-state index contributed by atoms with van der Waals surface area (Å²) in [6.45, 7) is 2.68. The van der Waals surface area contributed by atoms with Crippen LogP contribution in [0.2, 0.25) is 0 Å². The van der Waals surface area contributed by atoms with Crippen molar-refractivity contribution in [2.75, 3.05) is 37.5 Å². The van der Waals surface area contributed by atoms with Crippen molar-refractivity contribution >= 4 is 17.3 Å². The molecule has 0 saturated carbocycles. The van der Waals surface area contributed by atoms with Crippen molar-refractivity contribution in [3.63, 3.8) is 0 Å². The van der Waals surface area contributed by atoms with Crippen molar-refractivity contribution in [3.8, 4) is 0 Å². The Balaban J connectivity index is 2.58. The van der Waals surface area contributed by atoms with Crippen LogP contribution in [-0.2, 0) is 9.53 Å². The van der Waals surface area contributed by atoms with E-state index in [2.05, 4.69) is 10.3 Å². The van der Waals surface area contributed by atoms with Gasteiger partial charge in [0.1, 0.15) is 6.61 Å². The van der Waals surface area contributed by atoms with Crippen LogP contribution in [0.1, 0.15) is 13.3 Å². The number of anilines is 2. The van der Waals surface area contributed by atoms with Crippen LogP contribution in [0.25, 0.3) is 0 Å². The summed E-state index contributed by atoms with van der Waals surface area (Å²) < 4.78 is 5.17. The van der Waals surface area contributed by atoms with Crippen molar-refractivity contribution in [2.45, 2.75) is 13.3 Å². The number of rotatable bonds is 6. The third kappa shape index (κ3) is 4.40. The summed E-state index contributed by atoms with van der Waals surface area (Å²) in [5.41, 5.74) is 1.62. The first-order valence-electron chi connectivity index (χ1n) is 5.64. The molecule has 0 fully saturated rings.